The van der Waals surface area contributed by atoms with Gasteiger partial charge in [-0.05, 0) is 36.4 Å². The Morgan fingerprint density at radius 1 is 1.09 bits per heavy atom. The molecule has 0 aliphatic heterocycles. The maximum atomic E-state index is 12.1. The molecule has 1 atom stereocenters. The lowest BCUT2D eigenvalue weighted by atomic mass is 10.2. The van der Waals surface area contributed by atoms with E-state index in [-0.39, 0.29) is 0 Å². The van der Waals surface area contributed by atoms with E-state index in [4.69, 9.17) is 4.74 Å². The summed E-state index contributed by atoms with van der Waals surface area (Å²) < 4.78 is 5.03. The summed E-state index contributed by atoms with van der Waals surface area (Å²) in [6, 6.07) is 14.2. The lowest BCUT2D eigenvalue weighted by Crippen LogP contribution is -2.46. The van der Waals surface area contributed by atoms with Crippen molar-refractivity contribution in [3.05, 3.63) is 60.2 Å². The van der Waals surface area contributed by atoms with Crippen LogP contribution in [0.15, 0.2) is 54.6 Å². The number of amides is 2. The number of ether oxygens (including phenoxy) is 1. The summed E-state index contributed by atoms with van der Waals surface area (Å²) in [6.45, 7) is -0.499. The molecule has 0 saturated carbocycles. The molecule has 2 rings (SSSR count). The maximum Gasteiger partial charge on any atom is 0.251 e. The third-order valence-corrected chi connectivity index (χ3v) is 3.20. The molecule has 2 amide bonds. The Balaban J connectivity index is 1.99. The number of benzene rings is 2. The molecule has 2 aromatic carbocycles. The van der Waals surface area contributed by atoms with Crippen LogP contribution in [0, 0.1) is 0 Å². The van der Waals surface area contributed by atoms with Gasteiger partial charge in [0.15, 0.2) is 0 Å². The lowest BCUT2D eigenvalue weighted by Gasteiger charge is -2.16. The molecule has 0 aliphatic carbocycles. The Morgan fingerprint density at radius 2 is 1.74 bits per heavy atom. The Labute approximate surface area is 134 Å². The fraction of sp³-hybridized carbons (Fsp3) is 0.176. The Bertz CT molecular complexity index is 656. The van der Waals surface area contributed by atoms with Gasteiger partial charge >= 0.3 is 0 Å². The number of anilines is 1. The smallest absolute Gasteiger partial charge is 0.251 e. The fourth-order valence-electron chi connectivity index (χ4n) is 1.93. The number of rotatable bonds is 6. The summed E-state index contributed by atoms with van der Waals surface area (Å²) >= 11 is 0. The van der Waals surface area contributed by atoms with E-state index < -0.39 is 24.5 Å². The standard InChI is InChI=1S/C17H18N2O4/c1-23-14-9-7-13(8-10-14)18-17(22)15(11-20)19-16(21)12-5-3-2-4-6-12/h2-10,15,20H,11H2,1H3,(H,18,22)(H,19,21). The van der Waals surface area contributed by atoms with E-state index in [1.165, 1.54) is 0 Å². The van der Waals surface area contributed by atoms with Crippen LogP contribution < -0.4 is 15.4 Å². The second kappa shape index (κ2) is 7.95. The highest BCUT2D eigenvalue weighted by Crippen LogP contribution is 2.15. The first-order chi connectivity index (χ1) is 11.1. The molecule has 0 aromatic heterocycles. The maximum absolute atomic E-state index is 12.1. The molecule has 6 nitrogen and oxygen atoms in total. The van der Waals surface area contributed by atoms with E-state index in [9.17, 15) is 14.7 Å². The molecule has 3 N–H and O–H groups in total. The fourth-order valence-corrected chi connectivity index (χ4v) is 1.93. The van der Waals surface area contributed by atoms with Crippen LogP contribution >= 0.6 is 0 Å². The first-order valence-corrected chi connectivity index (χ1v) is 7.05. The molecule has 0 spiro atoms. The highest BCUT2D eigenvalue weighted by Gasteiger charge is 2.20. The molecule has 0 bridgehead atoms. The number of hydrogen-bond donors (Lipinski definition) is 3. The van der Waals surface area contributed by atoms with Gasteiger partial charge in [-0.15, -0.1) is 0 Å². The third kappa shape index (κ3) is 4.55. The normalized spacial score (nSPS) is 11.4. The number of carbonyl (C=O) groups is 2. The van der Waals surface area contributed by atoms with E-state index >= 15 is 0 Å². The van der Waals surface area contributed by atoms with E-state index in [1.807, 2.05) is 0 Å². The summed E-state index contributed by atoms with van der Waals surface area (Å²) in [5, 5.41) is 14.5. The molecule has 6 heteroatoms. The zero-order valence-electron chi connectivity index (χ0n) is 12.7. The first-order valence-electron chi connectivity index (χ1n) is 7.05. The largest absolute Gasteiger partial charge is 0.497 e. The van der Waals surface area contributed by atoms with Gasteiger partial charge in [0.05, 0.1) is 13.7 Å². The molecule has 2 aromatic rings. The van der Waals surface area contributed by atoms with Crippen molar-refractivity contribution in [3.63, 3.8) is 0 Å². The van der Waals surface area contributed by atoms with Crippen molar-refractivity contribution in [3.8, 4) is 5.75 Å². The minimum atomic E-state index is -1.04. The van der Waals surface area contributed by atoms with Gasteiger partial charge in [-0.1, -0.05) is 18.2 Å². The Kier molecular flexibility index (Phi) is 5.71. The predicted octanol–water partition coefficient (Wildman–Crippen LogP) is 1.42. The van der Waals surface area contributed by atoms with Crippen LogP contribution in [0.1, 0.15) is 10.4 Å². The SMILES string of the molecule is COc1ccc(NC(=O)C(CO)NC(=O)c2ccccc2)cc1. The van der Waals surface area contributed by atoms with Gasteiger partial charge in [-0.3, -0.25) is 9.59 Å². The molecular weight excluding hydrogens is 296 g/mol. The summed E-state index contributed by atoms with van der Waals surface area (Å²) in [5.74, 6) is -0.254. The highest BCUT2D eigenvalue weighted by molar-refractivity contribution is 6.01. The molecular formula is C17H18N2O4. The average Bonchev–Trinajstić information content (AvgIpc) is 2.60. The Morgan fingerprint density at radius 3 is 2.30 bits per heavy atom. The van der Waals surface area contributed by atoms with E-state index in [0.29, 0.717) is 17.0 Å². The van der Waals surface area contributed by atoms with Gasteiger partial charge in [0, 0.05) is 11.3 Å². The van der Waals surface area contributed by atoms with E-state index in [2.05, 4.69) is 10.6 Å². The van der Waals surface area contributed by atoms with Gasteiger partial charge in [0.25, 0.3) is 5.91 Å². The van der Waals surface area contributed by atoms with Crippen molar-refractivity contribution in [2.75, 3.05) is 19.0 Å². The number of methoxy groups -OCH3 is 1. The topological polar surface area (TPSA) is 87.7 Å². The van der Waals surface area contributed by atoms with Crippen LogP contribution in [0.5, 0.6) is 5.75 Å². The highest BCUT2D eigenvalue weighted by atomic mass is 16.5. The molecule has 120 valence electrons. The van der Waals surface area contributed by atoms with Crippen molar-refractivity contribution in [1.29, 1.82) is 0 Å². The van der Waals surface area contributed by atoms with E-state index in [1.54, 1.807) is 61.7 Å². The predicted molar refractivity (Wildman–Crippen MR) is 86.4 cm³/mol. The minimum absolute atomic E-state index is 0.420. The summed E-state index contributed by atoms with van der Waals surface area (Å²) in [6.07, 6.45) is 0. The molecule has 0 aliphatic rings. The zero-order valence-corrected chi connectivity index (χ0v) is 12.7. The molecule has 0 fully saturated rings. The number of carbonyl (C=O) groups excluding carboxylic acids is 2. The average molecular weight is 314 g/mol. The number of aliphatic hydroxyl groups is 1. The van der Waals surface area contributed by atoms with Crippen molar-refractivity contribution >= 4 is 17.5 Å². The zero-order chi connectivity index (χ0) is 16.7. The third-order valence-electron chi connectivity index (χ3n) is 3.20. The number of nitrogens with one attached hydrogen (secondary N) is 2. The number of aliphatic hydroxyl groups excluding tert-OH is 1. The second-order valence-corrected chi connectivity index (χ2v) is 4.79. The summed E-state index contributed by atoms with van der Waals surface area (Å²) in [4.78, 5) is 24.2. The van der Waals surface area contributed by atoms with Gasteiger partial charge < -0.3 is 20.5 Å². The van der Waals surface area contributed by atoms with E-state index in [0.717, 1.165) is 0 Å². The van der Waals surface area contributed by atoms with Crippen LogP contribution in [0.4, 0.5) is 5.69 Å². The molecule has 0 heterocycles. The quantitative estimate of drug-likeness (QED) is 0.752. The van der Waals surface area contributed by atoms with Gasteiger partial charge in [0.2, 0.25) is 5.91 Å². The van der Waals surface area contributed by atoms with Crippen LogP contribution in [0.2, 0.25) is 0 Å². The van der Waals surface area contributed by atoms with Crippen LogP contribution in [0.25, 0.3) is 0 Å². The van der Waals surface area contributed by atoms with Crippen molar-refractivity contribution < 1.29 is 19.4 Å². The monoisotopic (exact) mass is 314 g/mol. The lowest BCUT2D eigenvalue weighted by molar-refractivity contribution is -0.118. The minimum Gasteiger partial charge on any atom is -0.497 e. The first kappa shape index (κ1) is 16.5. The van der Waals surface area contributed by atoms with Gasteiger partial charge in [-0.2, -0.15) is 0 Å². The Hall–Kier alpha value is -2.86. The second-order valence-electron chi connectivity index (χ2n) is 4.79. The van der Waals surface area contributed by atoms with Crippen molar-refractivity contribution in [2.45, 2.75) is 6.04 Å². The van der Waals surface area contributed by atoms with Crippen LogP contribution in [0.3, 0.4) is 0 Å². The summed E-state index contributed by atoms with van der Waals surface area (Å²) in [7, 11) is 1.55. The van der Waals surface area contributed by atoms with Crippen molar-refractivity contribution in [1.82, 2.24) is 5.32 Å². The number of hydrogen-bond acceptors (Lipinski definition) is 4. The molecule has 0 saturated heterocycles. The molecule has 23 heavy (non-hydrogen) atoms. The van der Waals surface area contributed by atoms with Gasteiger partial charge in [0.1, 0.15) is 11.8 Å². The van der Waals surface area contributed by atoms with Crippen LogP contribution in [-0.2, 0) is 4.79 Å². The molecule has 1 unspecified atom stereocenters. The van der Waals surface area contributed by atoms with Crippen LogP contribution in [-0.4, -0.2) is 36.7 Å². The van der Waals surface area contributed by atoms with Gasteiger partial charge in [-0.25, -0.2) is 0 Å². The summed E-state index contributed by atoms with van der Waals surface area (Å²) in [5.41, 5.74) is 0.964. The molecule has 0 radical (unpaired) electrons. The van der Waals surface area contributed by atoms with Crippen molar-refractivity contribution in [2.24, 2.45) is 0 Å².